The lowest BCUT2D eigenvalue weighted by Crippen LogP contribution is -2.30. The van der Waals surface area contributed by atoms with Crippen molar-refractivity contribution in [3.63, 3.8) is 0 Å². The number of rotatable bonds is 6. The minimum absolute atomic E-state index is 0.199. The molecule has 8 heteroatoms. The highest BCUT2D eigenvalue weighted by atomic mass is 32.2. The molecule has 2 aliphatic rings. The Morgan fingerprint density at radius 1 is 1.26 bits per heavy atom. The van der Waals surface area contributed by atoms with Crippen LogP contribution >= 0.6 is 11.8 Å². The number of carbonyl (C=O) groups excluding carboxylic acids is 1. The fraction of sp³-hybridized carbons (Fsp3) is 0.474. The maximum Gasteiger partial charge on any atom is 0.319 e. The molecule has 4 rings (SSSR count). The summed E-state index contributed by atoms with van der Waals surface area (Å²) in [5.74, 6) is 0. The molecular formula is C19H26N6OS. The summed E-state index contributed by atoms with van der Waals surface area (Å²) in [6.07, 6.45) is 6.07. The Morgan fingerprint density at radius 2 is 2.00 bits per heavy atom. The Bertz CT molecular complexity index is 795. The number of carbonyl (C=O) groups is 1. The van der Waals surface area contributed by atoms with Crippen molar-refractivity contribution in [1.29, 1.82) is 0 Å². The third-order valence-electron chi connectivity index (χ3n) is 5.04. The van der Waals surface area contributed by atoms with E-state index < -0.39 is 0 Å². The number of anilines is 1. The van der Waals surface area contributed by atoms with Crippen LogP contribution in [0.15, 0.2) is 41.7 Å². The van der Waals surface area contributed by atoms with Gasteiger partial charge in [-0.25, -0.2) is 9.78 Å². The minimum Gasteiger partial charge on any atom is -0.332 e. The molecule has 2 heterocycles. The van der Waals surface area contributed by atoms with E-state index in [1.165, 1.54) is 12.8 Å². The van der Waals surface area contributed by atoms with Crippen LogP contribution in [0.4, 0.5) is 10.5 Å². The fourth-order valence-electron chi connectivity index (χ4n) is 3.37. The number of hydrazine groups is 1. The molecule has 7 nitrogen and oxygen atoms in total. The quantitative estimate of drug-likeness (QED) is 0.614. The number of nitrogens with one attached hydrogen (secondary N) is 4. The van der Waals surface area contributed by atoms with Crippen LogP contribution in [0.1, 0.15) is 38.4 Å². The molecular weight excluding hydrogens is 360 g/mol. The van der Waals surface area contributed by atoms with Crippen LogP contribution in [-0.2, 0) is 6.54 Å². The van der Waals surface area contributed by atoms with E-state index in [2.05, 4.69) is 51.0 Å². The molecule has 27 heavy (non-hydrogen) atoms. The summed E-state index contributed by atoms with van der Waals surface area (Å²) in [4.78, 5) is 17.7. The zero-order chi connectivity index (χ0) is 18.8. The van der Waals surface area contributed by atoms with Crippen LogP contribution in [-0.4, -0.2) is 32.9 Å². The molecule has 1 saturated heterocycles. The Balaban J connectivity index is 1.37. The van der Waals surface area contributed by atoms with Crippen LogP contribution in [0.5, 0.6) is 0 Å². The number of benzene rings is 1. The predicted octanol–water partition coefficient (Wildman–Crippen LogP) is 2.89. The van der Waals surface area contributed by atoms with Crippen LogP contribution in [0.25, 0.3) is 0 Å². The van der Waals surface area contributed by atoms with E-state index in [0.29, 0.717) is 29.9 Å². The lowest BCUT2D eigenvalue weighted by atomic mass is 10.2. The van der Waals surface area contributed by atoms with E-state index in [4.69, 9.17) is 0 Å². The van der Waals surface area contributed by atoms with Crippen LogP contribution in [0, 0.1) is 0 Å². The normalized spacial score (nSPS) is 24.7. The lowest BCUT2D eigenvalue weighted by Gasteiger charge is -2.19. The number of hydrogen-bond acceptors (Lipinski definition) is 5. The Kier molecular flexibility index (Phi) is 5.38. The maximum absolute atomic E-state index is 12.4. The molecule has 1 aliphatic heterocycles. The number of nitrogens with zero attached hydrogens (tertiary/aromatic N) is 2. The van der Waals surface area contributed by atoms with E-state index in [1.54, 1.807) is 11.8 Å². The van der Waals surface area contributed by atoms with Gasteiger partial charge in [0.25, 0.3) is 0 Å². The largest absolute Gasteiger partial charge is 0.332 e. The first-order valence-corrected chi connectivity index (χ1v) is 10.3. The number of imidazole rings is 1. The van der Waals surface area contributed by atoms with Gasteiger partial charge in [-0.1, -0.05) is 12.1 Å². The van der Waals surface area contributed by atoms with Crippen molar-refractivity contribution in [1.82, 2.24) is 25.7 Å². The van der Waals surface area contributed by atoms with Gasteiger partial charge in [0, 0.05) is 34.5 Å². The highest BCUT2D eigenvalue weighted by Gasteiger charge is 2.31. The number of para-hydroxylation sites is 1. The molecule has 2 atom stereocenters. The molecule has 1 aromatic carbocycles. The second-order valence-corrected chi connectivity index (χ2v) is 8.50. The number of amides is 2. The molecule has 0 spiro atoms. The molecule has 2 aromatic rings. The number of urea groups is 1. The molecule has 2 unspecified atom stereocenters. The topological polar surface area (TPSA) is 83.0 Å². The van der Waals surface area contributed by atoms with E-state index in [0.717, 1.165) is 16.3 Å². The van der Waals surface area contributed by atoms with Gasteiger partial charge in [0.1, 0.15) is 0 Å². The summed E-state index contributed by atoms with van der Waals surface area (Å²) in [5.41, 5.74) is 8.43. The molecule has 1 aliphatic carbocycles. The molecule has 4 N–H and O–H groups in total. The zero-order valence-corrected chi connectivity index (χ0v) is 16.4. The summed E-state index contributed by atoms with van der Waals surface area (Å²) in [7, 11) is 0. The van der Waals surface area contributed by atoms with Gasteiger partial charge < -0.3 is 15.2 Å². The summed E-state index contributed by atoms with van der Waals surface area (Å²) in [6.45, 7) is 4.81. The summed E-state index contributed by atoms with van der Waals surface area (Å²) in [6, 6.07) is 9.02. The van der Waals surface area contributed by atoms with Crippen molar-refractivity contribution in [2.45, 2.75) is 61.5 Å². The van der Waals surface area contributed by atoms with E-state index >= 15 is 0 Å². The summed E-state index contributed by atoms with van der Waals surface area (Å²) in [5, 5.41) is 6.34. The number of aromatic nitrogens is 2. The van der Waals surface area contributed by atoms with Gasteiger partial charge in [-0.2, -0.15) is 0 Å². The second-order valence-electron chi connectivity index (χ2n) is 7.28. The highest BCUT2D eigenvalue weighted by molar-refractivity contribution is 8.00. The third kappa shape index (κ3) is 4.28. The Labute approximate surface area is 163 Å². The smallest absolute Gasteiger partial charge is 0.319 e. The van der Waals surface area contributed by atoms with Crippen molar-refractivity contribution in [3.8, 4) is 0 Å². The van der Waals surface area contributed by atoms with Crippen molar-refractivity contribution in [2.24, 2.45) is 0 Å². The monoisotopic (exact) mass is 386 g/mol. The number of hydrogen-bond donors (Lipinski definition) is 4. The molecule has 1 saturated carbocycles. The third-order valence-corrected chi connectivity index (χ3v) is 6.74. The standard InChI is InChI=1S/C19H26N6OS/c1-12-18(13(2)24-23-12)27-17-6-4-3-5-16(17)22-19(26)21-10-15-9-20-11-25(15)14-7-8-14/h3-6,9,11-14,18,23-24H,7-8,10H2,1-2H3,(H2,21,22,26). The van der Waals surface area contributed by atoms with Crippen molar-refractivity contribution in [2.75, 3.05) is 5.32 Å². The van der Waals surface area contributed by atoms with Gasteiger partial charge in [-0.15, -0.1) is 11.8 Å². The van der Waals surface area contributed by atoms with E-state index in [9.17, 15) is 4.79 Å². The molecule has 2 amide bonds. The summed E-state index contributed by atoms with van der Waals surface area (Å²) >= 11 is 1.78. The molecule has 2 fully saturated rings. The first kappa shape index (κ1) is 18.3. The second kappa shape index (κ2) is 7.92. The SMILES string of the molecule is CC1NNC(C)C1Sc1ccccc1NC(=O)NCc1cncn1C1CC1. The van der Waals surface area contributed by atoms with Crippen molar-refractivity contribution in [3.05, 3.63) is 42.5 Å². The Morgan fingerprint density at radius 3 is 2.74 bits per heavy atom. The van der Waals surface area contributed by atoms with Crippen LogP contribution in [0.2, 0.25) is 0 Å². The van der Waals surface area contributed by atoms with E-state index in [1.807, 2.05) is 30.7 Å². The average Bonchev–Trinajstić information content (AvgIpc) is 3.32. The molecule has 0 bridgehead atoms. The average molecular weight is 387 g/mol. The lowest BCUT2D eigenvalue weighted by molar-refractivity contribution is 0.251. The fourth-order valence-corrected chi connectivity index (χ4v) is 4.61. The van der Waals surface area contributed by atoms with Crippen LogP contribution in [0.3, 0.4) is 0 Å². The number of thioether (sulfide) groups is 1. The van der Waals surface area contributed by atoms with Gasteiger partial charge in [0.2, 0.25) is 0 Å². The van der Waals surface area contributed by atoms with Crippen LogP contribution < -0.4 is 21.5 Å². The van der Waals surface area contributed by atoms with Gasteiger partial charge in [0.05, 0.1) is 24.3 Å². The zero-order valence-electron chi connectivity index (χ0n) is 15.6. The van der Waals surface area contributed by atoms with Gasteiger partial charge in [-0.05, 0) is 38.8 Å². The van der Waals surface area contributed by atoms with Gasteiger partial charge >= 0.3 is 6.03 Å². The van der Waals surface area contributed by atoms with Gasteiger partial charge in [0.15, 0.2) is 0 Å². The maximum atomic E-state index is 12.4. The molecule has 144 valence electrons. The molecule has 0 radical (unpaired) electrons. The predicted molar refractivity (Wildman–Crippen MR) is 108 cm³/mol. The molecule has 1 aromatic heterocycles. The van der Waals surface area contributed by atoms with Crippen molar-refractivity contribution >= 4 is 23.5 Å². The van der Waals surface area contributed by atoms with E-state index in [-0.39, 0.29) is 6.03 Å². The van der Waals surface area contributed by atoms with Gasteiger partial charge in [-0.3, -0.25) is 10.9 Å². The first-order chi connectivity index (χ1) is 13.1. The van der Waals surface area contributed by atoms with Crippen molar-refractivity contribution < 1.29 is 4.79 Å². The first-order valence-electron chi connectivity index (χ1n) is 9.44. The minimum atomic E-state index is -0.199. The summed E-state index contributed by atoms with van der Waals surface area (Å²) < 4.78 is 2.16. The Hall–Kier alpha value is -2.03. The highest BCUT2D eigenvalue weighted by Crippen LogP contribution is 2.36.